The number of pyridine rings is 1. The van der Waals surface area contributed by atoms with Crippen molar-refractivity contribution < 1.29 is 19.7 Å². The van der Waals surface area contributed by atoms with Gasteiger partial charge in [0.2, 0.25) is 5.52 Å². The molecule has 0 saturated carbocycles. The van der Waals surface area contributed by atoms with Crippen molar-refractivity contribution in [2.24, 2.45) is 0 Å². The highest BCUT2D eigenvalue weighted by atomic mass is 16.5. The molecule has 3 rings (SSSR count). The lowest BCUT2D eigenvalue weighted by Gasteiger charge is -2.06. The van der Waals surface area contributed by atoms with E-state index in [1.807, 2.05) is 6.07 Å². The van der Waals surface area contributed by atoms with Crippen molar-refractivity contribution in [1.82, 2.24) is 0 Å². The predicted octanol–water partition coefficient (Wildman–Crippen LogP) is 2.54. The molecule has 0 aliphatic heterocycles. The second-order valence-electron chi connectivity index (χ2n) is 4.68. The Hall–Kier alpha value is -3.08. The zero-order chi connectivity index (χ0) is 15.0. The summed E-state index contributed by atoms with van der Waals surface area (Å²) in [4.78, 5) is 10.8. The molecule has 1 heterocycles. The van der Waals surface area contributed by atoms with Gasteiger partial charge in [0.25, 0.3) is 0 Å². The number of aromatic hydroxyl groups is 1. The van der Waals surface area contributed by atoms with E-state index in [2.05, 4.69) is 0 Å². The van der Waals surface area contributed by atoms with Gasteiger partial charge in [-0.2, -0.15) is 4.73 Å². The first-order chi connectivity index (χ1) is 10.0. The molecule has 5 nitrogen and oxygen atoms in total. The molecule has 0 fully saturated rings. The normalized spacial score (nSPS) is 10.7. The maximum atomic E-state index is 12.0. The lowest BCUT2D eigenvalue weighted by atomic mass is 10.0. The molecule has 0 spiro atoms. The molecule has 0 amide bonds. The molecule has 0 radical (unpaired) electrons. The summed E-state index contributed by atoms with van der Waals surface area (Å²) in [6.07, 6.45) is 1.40. The lowest BCUT2D eigenvalue weighted by Crippen LogP contribution is -2.26. The first-order valence-electron chi connectivity index (χ1n) is 6.24. The fraction of sp³-hybridized carbons (Fsp3) is 0. The van der Waals surface area contributed by atoms with Crippen molar-refractivity contribution in [1.29, 1.82) is 0 Å². The summed E-state index contributed by atoms with van der Waals surface area (Å²) in [7, 11) is 0. The molecule has 5 heteroatoms. The summed E-state index contributed by atoms with van der Waals surface area (Å²) in [6, 6.07) is 12.7. The third-order valence-corrected chi connectivity index (χ3v) is 3.28. The number of carbonyl (C=O) groups is 1. The molecule has 3 aromatic rings. The van der Waals surface area contributed by atoms with Crippen molar-refractivity contribution in [2.45, 2.75) is 0 Å². The van der Waals surface area contributed by atoms with Crippen LogP contribution < -0.4 is 4.73 Å². The zero-order valence-corrected chi connectivity index (χ0v) is 10.9. The maximum Gasteiger partial charge on any atom is 0.335 e. The van der Waals surface area contributed by atoms with Crippen LogP contribution in [0.5, 0.6) is 5.75 Å². The number of fused-ring (bicyclic) bond motifs is 1. The Bertz CT molecular complexity index is 841. The molecule has 104 valence electrons. The largest absolute Gasteiger partial charge is 0.618 e. The highest BCUT2D eigenvalue weighted by molar-refractivity contribution is 5.88. The quantitative estimate of drug-likeness (QED) is 0.558. The van der Waals surface area contributed by atoms with Crippen molar-refractivity contribution in [2.75, 3.05) is 0 Å². The van der Waals surface area contributed by atoms with Crippen LogP contribution in [0.2, 0.25) is 0 Å². The average molecular weight is 281 g/mol. The van der Waals surface area contributed by atoms with E-state index in [0.717, 1.165) is 5.56 Å². The van der Waals surface area contributed by atoms with Gasteiger partial charge in [-0.1, -0.05) is 12.1 Å². The van der Waals surface area contributed by atoms with Crippen molar-refractivity contribution in [3.05, 3.63) is 65.5 Å². The number of rotatable bonds is 2. The van der Waals surface area contributed by atoms with Crippen LogP contribution in [0.15, 0.2) is 54.7 Å². The van der Waals surface area contributed by atoms with Crippen LogP contribution in [-0.4, -0.2) is 16.2 Å². The third kappa shape index (κ3) is 2.36. The van der Waals surface area contributed by atoms with Crippen molar-refractivity contribution in [3.63, 3.8) is 0 Å². The number of aromatic nitrogens is 1. The molecular weight excluding hydrogens is 270 g/mol. The molecule has 0 bridgehead atoms. The average Bonchev–Trinajstić information content (AvgIpc) is 2.48. The van der Waals surface area contributed by atoms with Gasteiger partial charge in [-0.25, -0.2) is 4.79 Å². The Morgan fingerprint density at radius 2 is 1.71 bits per heavy atom. The van der Waals surface area contributed by atoms with E-state index in [4.69, 9.17) is 5.11 Å². The minimum atomic E-state index is -0.991. The Morgan fingerprint density at radius 1 is 1.00 bits per heavy atom. The molecule has 0 aliphatic rings. The fourth-order valence-electron chi connectivity index (χ4n) is 2.21. The number of nitrogens with zero attached hydrogens (tertiary/aromatic N) is 1. The van der Waals surface area contributed by atoms with Crippen LogP contribution in [0, 0.1) is 5.21 Å². The van der Waals surface area contributed by atoms with Gasteiger partial charge in [0.15, 0.2) is 6.20 Å². The number of phenols is 1. The molecule has 0 atom stereocenters. The molecule has 2 N–H and O–H groups in total. The van der Waals surface area contributed by atoms with E-state index in [9.17, 15) is 15.1 Å². The topological polar surface area (TPSA) is 84.5 Å². The summed E-state index contributed by atoms with van der Waals surface area (Å²) in [5.41, 5.74) is 2.00. The Kier molecular flexibility index (Phi) is 2.95. The minimum Gasteiger partial charge on any atom is -0.618 e. The summed E-state index contributed by atoms with van der Waals surface area (Å²) in [5.74, 6) is -0.958. The second kappa shape index (κ2) is 4.79. The molecule has 1 aromatic heterocycles. The van der Waals surface area contributed by atoms with E-state index in [1.165, 1.54) is 30.5 Å². The van der Waals surface area contributed by atoms with Crippen LogP contribution in [-0.2, 0) is 0 Å². The fourth-order valence-corrected chi connectivity index (χ4v) is 2.21. The first-order valence-corrected chi connectivity index (χ1v) is 6.24. The summed E-state index contributed by atoms with van der Waals surface area (Å²) < 4.78 is 0.690. The molecule has 0 saturated heterocycles. The van der Waals surface area contributed by atoms with Crippen molar-refractivity contribution in [3.8, 4) is 16.9 Å². The van der Waals surface area contributed by atoms with Gasteiger partial charge in [-0.05, 0) is 35.9 Å². The van der Waals surface area contributed by atoms with Gasteiger partial charge >= 0.3 is 5.97 Å². The second-order valence-corrected chi connectivity index (χ2v) is 4.68. The molecular formula is C16H11NO4. The lowest BCUT2D eigenvalue weighted by molar-refractivity contribution is -0.576. The van der Waals surface area contributed by atoms with Gasteiger partial charge in [-0.15, -0.1) is 0 Å². The van der Waals surface area contributed by atoms with Crippen LogP contribution in [0.4, 0.5) is 0 Å². The first kappa shape index (κ1) is 12.9. The third-order valence-electron chi connectivity index (χ3n) is 3.28. The zero-order valence-electron chi connectivity index (χ0n) is 10.9. The van der Waals surface area contributed by atoms with Crippen LogP contribution in [0.25, 0.3) is 22.0 Å². The van der Waals surface area contributed by atoms with Crippen molar-refractivity contribution >= 4 is 16.9 Å². The van der Waals surface area contributed by atoms with E-state index >= 15 is 0 Å². The Balaban J connectivity index is 2.12. The van der Waals surface area contributed by atoms with Crippen LogP contribution >= 0.6 is 0 Å². The standard InChI is InChI=1S/C16H11NO4/c18-14-6-5-12-7-13(9-17(21)15(12)8-14)10-1-3-11(4-2-10)16(19)20/h1-9,18H,(H,19,20). The Morgan fingerprint density at radius 3 is 2.38 bits per heavy atom. The molecule has 0 aliphatic carbocycles. The summed E-state index contributed by atoms with van der Waals surface area (Å²) in [5, 5.41) is 31.0. The van der Waals surface area contributed by atoms with E-state index < -0.39 is 5.97 Å². The van der Waals surface area contributed by atoms with E-state index in [-0.39, 0.29) is 11.3 Å². The predicted molar refractivity (Wildman–Crippen MR) is 77.0 cm³/mol. The number of hydrogen-bond acceptors (Lipinski definition) is 3. The van der Waals surface area contributed by atoms with E-state index in [0.29, 0.717) is 21.2 Å². The molecule has 0 unspecified atom stereocenters. The van der Waals surface area contributed by atoms with Gasteiger partial charge in [0.1, 0.15) is 5.75 Å². The maximum absolute atomic E-state index is 12.0. The highest BCUT2D eigenvalue weighted by Crippen LogP contribution is 2.24. The number of carboxylic acid groups (broad SMARTS) is 1. The van der Waals surface area contributed by atoms with E-state index in [1.54, 1.807) is 18.2 Å². The van der Waals surface area contributed by atoms with Crippen LogP contribution in [0.1, 0.15) is 10.4 Å². The number of aromatic carboxylic acids is 1. The number of benzene rings is 2. The molecule has 2 aromatic carbocycles. The smallest absolute Gasteiger partial charge is 0.335 e. The summed E-state index contributed by atoms with van der Waals surface area (Å²) in [6.45, 7) is 0. The van der Waals surface area contributed by atoms with Gasteiger partial charge in [0, 0.05) is 10.9 Å². The number of hydrogen-bond donors (Lipinski definition) is 2. The number of phenolic OH excluding ortho intramolecular Hbond substituents is 1. The van der Waals surface area contributed by atoms with Crippen LogP contribution in [0.3, 0.4) is 0 Å². The SMILES string of the molecule is O=C(O)c1ccc(-c2cc3ccc(O)cc3[n+]([O-])c2)cc1. The molecule has 21 heavy (non-hydrogen) atoms. The number of carboxylic acids is 1. The van der Waals surface area contributed by atoms with Gasteiger partial charge in [-0.3, -0.25) is 0 Å². The monoisotopic (exact) mass is 281 g/mol. The minimum absolute atomic E-state index is 0.0330. The Labute approximate surface area is 119 Å². The summed E-state index contributed by atoms with van der Waals surface area (Å²) >= 11 is 0. The highest BCUT2D eigenvalue weighted by Gasteiger charge is 2.10. The van der Waals surface area contributed by atoms with Gasteiger partial charge < -0.3 is 15.4 Å². The van der Waals surface area contributed by atoms with Gasteiger partial charge in [0.05, 0.1) is 11.6 Å².